The molecule has 7 heteroatoms. The second-order valence-corrected chi connectivity index (χ2v) is 9.68. The lowest BCUT2D eigenvalue weighted by atomic mass is 9.90. The van der Waals surface area contributed by atoms with E-state index >= 15 is 0 Å². The Kier molecular flexibility index (Phi) is 8.58. The van der Waals surface area contributed by atoms with Gasteiger partial charge < -0.3 is 23.8 Å². The predicted octanol–water partition coefficient (Wildman–Crippen LogP) is 5.40. The largest absolute Gasteiger partial charge is 0.491 e. The van der Waals surface area contributed by atoms with E-state index in [0.29, 0.717) is 32.3 Å². The highest BCUT2D eigenvalue weighted by Crippen LogP contribution is 2.36. The van der Waals surface area contributed by atoms with Crippen LogP contribution >= 0.6 is 27.5 Å². The standard InChI is InChI=1S/C25H31BrClNO4/c1-29-10-11-30-21-2-3-22(26)20(15-21)14-18-4-7-28(8-5-18)9-6-19-16-24-25(17-23(19)27)32-13-12-31-24/h2-3,15-18H,4-14H2,1H3. The first kappa shape index (κ1) is 23.7. The van der Waals surface area contributed by atoms with Gasteiger partial charge in [0, 0.05) is 29.2 Å². The van der Waals surface area contributed by atoms with Gasteiger partial charge in [-0.05, 0) is 80.1 Å². The maximum Gasteiger partial charge on any atom is 0.162 e. The van der Waals surface area contributed by atoms with Gasteiger partial charge >= 0.3 is 0 Å². The van der Waals surface area contributed by atoms with Gasteiger partial charge in [0.15, 0.2) is 11.5 Å². The average molecular weight is 525 g/mol. The van der Waals surface area contributed by atoms with Crippen molar-refractivity contribution in [2.75, 3.05) is 53.2 Å². The van der Waals surface area contributed by atoms with Crippen LogP contribution in [-0.4, -0.2) is 58.1 Å². The number of fused-ring (bicyclic) bond motifs is 1. The highest BCUT2D eigenvalue weighted by molar-refractivity contribution is 9.10. The molecule has 32 heavy (non-hydrogen) atoms. The van der Waals surface area contributed by atoms with Crippen LogP contribution in [0.4, 0.5) is 0 Å². The van der Waals surface area contributed by atoms with E-state index < -0.39 is 0 Å². The van der Waals surface area contributed by atoms with E-state index in [2.05, 4.69) is 33.0 Å². The predicted molar refractivity (Wildman–Crippen MR) is 131 cm³/mol. The summed E-state index contributed by atoms with van der Waals surface area (Å²) in [6.07, 6.45) is 4.41. The SMILES string of the molecule is COCCOc1ccc(Br)c(CC2CCN(CCc3cc4c(cc3Cl)OCCO4)CC2)c1. The molecule has 2 aliphatic rings. The van der Waals surface area contributed by atoms with Gasteiger partial charge in [0.2, 0.25) is 0 Å². The lowest BCUT2D eigenvalue weighted by Gasteiger charge is -2.32. The van der Waals surface area contributed by atoms with E-state index in [0.717, 1.165) is 64.8 Å². The van der Waals surface area contributed by atoms with Crippen molar-refractivity contribution in [2.24, 2.45) is 5.92 Å². The fourth-order valence-corrected chi connectivity index (χ4v) is 5.00. The summed E-state index contributed by atoms with van der Waals surface area (Å²) in [6.45, 7) is 5.60. The summed E-state index contributed by atoms with van der Waals surface area (Å²) < 4.78 is 23.3. The molecule has 5 nitrogen and oxygen atoms in total. The Morgan fingerprint density at radius 3 is 2.53 bits per heavy atom. The smallest absolute Gasteiger partial charge is 0.162 e. The summed E-state index contributed by atoms with van der Waals surface area (Å²) in [7, 11) is 1.69. The third-order valence-corrected chi connectivity index (χ3v) is 7.32. The molecule has 0 bridgehead atoms. The van der Waals surface area contributed by atoms with Gasteiger partial charge in [-0.25, -0.2) is 0 Å². The van der Waals surface area contributed by atoms with E-state index in [1.54, 1.807) is 7.11 Å². The first-order valence-electron chi connectivity index (χ1n) is 11.3. The highest BCUT2D eigenvalue weighted by Gasteiger charge is 2.21. The molecule has 0 radical (unpaired) electrons. The van der Waals surface area contributed by atoms with E-state index in [9.17, 15) is 0 Å². The monoisotopic (exact) mass is 523 g/mol. The number of nitrogens with zero attached hydrogens (tertiary/aromatic N) is 1. The summed E-state index contributed by atoms with van der Waals surface area (Å²) >= 11 is 10.2. The topological polar surface area (TPSA) is 40.2 Å². The minimum Gasteiger partial charge on any atom is -0.491 e. The fourth-order valence-electron chi connectivity index (χ4n) is 4.34. The van der Waals surface area contributed by atoms with Crippen molar-refractivity contribution >= 4 is 27.5 Å². The van der Waals surface area contributed by atoms with Crippen molar-refractivity contribution in [3.05, 3.63) is 51.0 Å². The molecule has 2 aromatic carbocycles. The Hall–Kier alpha value is -1.47. The highest BCUT2D eigenvalue weighted by atomic mass is 79.9. The maximum atomic E-state index is 6.48. The normalized spacial score (nSPS) is 16.8. The maximum absolute atomic E-state index is 6.48. The van der Waals surface area contributed by atoms with Crippen molar-refractivity contribution in [1.29, 1.82) is 0 Å². The molecule has 1 saturated heterocycles. The van der Waals surface area contributed by atoms with Gasteiger partial charge in [-0.2, -0.15) is 0 Å². The Morgan fingerprint density at radius 2 is 1.78 bits per heavy atom. The minimum atomic E-state index is 0.573. The van der Waals surface area contributed by atoms with E-state index in [-0.39, 0.29) is 0 Å². The van der Waals surface area contributed by atoms with Crippen LogP contribution in [0, 0.1) is 5.92 Å². The molecule has 0 amide bonds. The number of rotatable bonds is 9. The molecule has 0 aromatic heterocycles. The van der Waals surface area contributed by atoms with Gasteiger partial charge in [0.25, 0.3) is 0 Å². The van der Waals surface area contributed by atoms with Crippen molar-refractivity contribution in [2.45, 2.75) is 25.7 Å². The van der Waals surface area contributed by atoms with Crippen molar-refractivity contribution < 1.29 is 18.9 Å². The summed E-state index contributed by atoms with van der Waals surface area (Å²) in [6, 6.07) is 10.2. The van der Waals surface area contributed by atoms with E-state index in [4.69, 9.17) is 30.5 Å². The third kappa shape index (κ3) is 6.31. The van der Waals surface area contributed by atoms with E-state index in [1.165, 1.54) is 18.4 Å². The second-order valence-electron chi connectivity index (χ2n) is 8.42. The quantitative estimate of drug-likeness (QED) is 0.411. The molecule has 4 rings (SSSR count). The Balaban J connectivity index is 1.26. The molecule has 2 aromatic rings. The molecule has 174 valence electrons. The first-order chi connectivity index (χ1) is 15.6. The van der Waals surface area contributed by atoms with Crippen LogP contribution in [0.3, 0.4) is 0 Å². The van der Waals surface area contributed by atoms with Gasteiger partial charge in [-0.3, -0.25) is 0 Å². The van der Waals surface area contributed by atoms with Crippen LogP contribution in [0.1, 0.15) is 24.0 Å². The van der Waals surface area contributed by atoms with Crippen LogP contribution in [0.25, 0.3) is 0 Å². The van der Waals surface area contributed by atoms with Crippen molar-refractivity contribution in [1.82, 2.24) is 4.90 Å². The van der Waals surface area contributed by atoms with Crippen LogP contribution in [0.15, 0.2) is 34.8 Å². The molecule has 0 N–H and O–H groups in total. The average Bonchev–Trinajstić information content (AvgIpc) is 2.81. The minimum absolute atomic E-state index is 0.573. The summed E-state index contributed by atoms with van der Waals surface area (Å²) in [5.74, 6) is 3.17. The molecule has 0 atom stereocenters. The zero-order chi connectivity index (χ0) is 22.3. The molecule has 0 aliphatic carbocycles. The first-order valence-corrected chi connectivity index (χ1v) is 12.5. The number of halogens is 2. The van der Waals surface area contributed by atoms with Crippen LogP contribution < -0.4 is 14.2 Å². The Morgan fingerprint density at radius 1 is 1.03 bits per heavy atom. The zero-order valence-corrected chi connectivity index (χ0v) is 20.9. The summed E-state index contributed by atoms with van der Waals surface area (Å²) in [4.78, 5) is 2.54. The van der Waals surface area contributed by atoms with Crippen molar-refractivity contribution in [3.8, 4) is 17.2 Å². The number of benzene rings is 2. The second kappa shape index (κ2) is 11.6. The summed E-state index contributed by atoms with van der Waals surface area (Å²) in [5.41, 5.74) is 2.45. The lowest BCUT2D eigenvalue weighted by molar-refractivity contribution is 0.146. The van der Waals surface area contributed by atoms with E-state index in [1.807, 2.05) is 18.2 Å². The Bertz CT molecular complexity index is 902. The zero-order valence-electron chi connectivity index (χ0n) is 18.6. The van der Waals surface area contributed by atoms with Gasteiger partial charge in [0.05, 0.1) is 6.61 Å². The number of piperidine rings is 1. The van der Waals surface area contributed by atoms with Crippen LogP contribution in [0.2, 0.25) is 5.02 Å². The van der Waals surface area contributed by atoms with Crippen LogP contribution in [0.5, 0.6) is 17.2 Å². The molecule has 1 fully saturated rings. The molecule has 0 unspecified atom stereocenters. The number of methoxy groups -OCH3 is 1. The Labute approximate surface area is 204 Å². The molecule has 2 heterocycles. The number of ether oxygens (including phenoxy) is 4. The summed E-state index contributed by atoms with van der Waals surface area (Å²) in [5, 5.41) is 0.765. The number of hydrogen-bond acceptors (Lipinski definition) is 5. The lowest BCUT2D eigenvalue weighted by Crippen LogP contribution is -2.35. The molecule has 2 aliphatic heterocycles. The molecule has 0 saturated carbocycles. The van der Waals surface area contributed by atoms with Gasteiger partial charge in [-0.15, -0.1) is 0 Å². The third-order valence-electron chi connectivity index (χ3n) is 6.20. The number of likely N-dealkylation sites (tertiary alicyclic amines) is 1. The van der Waals surface area contributed by atoms with Gasteiger partial charge in [-0.1, -0.05) is 27.5 Å². The van der Waals surface area contributed by atoms with Gasteiger partial charge in [0.1, 0.15) is 25.6 Å². The van der Waals surface area contributed by atoms with Crippen molar-refractivity contribution in [3.63, 3.8) is 0 Å². The molecule has 0 spiro atoms. The molecular formula is C25H31BrClNO4. The number of hydrogen-bond donors (Lipinski definition) is 0. The molecular weight excluding hydrogens is 494 g/mol. The fraction of sp³-hybridized carbons (Fsp3) is 0.520. The van der Waals surface area contributed by atoms with Crippen LogP contribution in [-0.2, 0) is 17.6 Å².